The lowest BCUT2D eigenvalue weighted by Gasteiger charge is -2.26. The van der Waals surface area contributed by atoms with Gasteiger partial charge < -0.3 is 24.5 Å². The number of piperidine rings is 1. The van der Waals surface area contributed by atoms with Gasteiger partial charge in [0, 0.05) is 29.1 Å². The third-order valence-electron chi connectivity index (χ3n) is 6.83. The number of phenolic OH excluding ortho intramolecular Hbond substituents is 2. The van der Waals surface area contributed by atoms with Gasteiger partial charge in [0.1, 0.15) is 40.8 Å². The van der Waals surface area contributed by atoms with Crippen LogP contribution < -0.4 is 4.74 Å². The number of hydrogen-bond donors (Lipinski definition) is 3. The number of ether oxygens (including phenoxy) is 1. The first-order valence-electron chi connectivity index (χ1n) is 12.2. The van der Waals surface area contributed by atoms with Gasteiger partial charge >= 0.3 is 0 Å². The fourth-order valence-corrected chi connectivity index (χ4v) is 4.88. The van der Waals surface area contributed by atoms with Crippen molar-refractivity contribution >= 4 is 11.0 Å². The topological polar surface area (TPSA) is 86.3 Å². The van der Waals surface area contributed by atoms with Crippen molar-refractivity contribution < 1.29 is 24.5 Å². The molecule has 0 radical (unpaired) electrons. The molecule has 4 aromatic rings. The summed E-state index contributed by atoms with van der Waals surface area (Å²) in [6.45, 7) is 5.58. The van der Waals surface area contributed by atoms with Crippen LogP contribution in [0.5, 0.6) is 17.2 Å². The molecule has 3 aromatic carbocycles. The number of phenols is 2. The largest absolute Gasteiger partial charge is 0.508 e. The van der Waals surface area contributed by atoms with Crippen LogP contribution in [0.1, 0.15) is 37.3 Å². The molecule has 0 amide bonds. The minimum atomic E-state index is -1.39. The Morgan fingerprint density at radius 1 is 0.886 bits per heavy atom. The Kier molecular flexibility index (Phi) is 6.41. The third-order valence-corrected chi connectivity index (χ3v) is 6.83. The van der Waals surface area contributed by atoms with E-state index in [1.54, 1.807) is 43.3 Å². The number of benzene rings is 3. The standard InChI is InChI=1S/C29H31NO5/c1-29(33,21-7-12-24(13-8-21)34-18-17-30-15-3-2-4-16-30)27-25-14-11-23(32)19-26(25)35-28(27)20-5-9-22(31)10-6-20/h5-14,19,31-33H,2-4,15-18H2,1H3. The highest BCUT2D eigenvalue weighted by Crippen LogP contribution is 2.44. The molecule has 1 saturated heterocycles. The first-order valence-corrected chi connectivity index (χ1v) is 12.2. The van der Waals surface area contributed by atoms with Gasteiger partial charge in [-0.2, -0.15) is 0 Å². The van der Waals surface area contributed by atoms with Crippen LogP contribution in [0.15, 0.2) is 71.1 Å². The van der Waals surface area contributed by atoms with Crippen LogP contribution in [-0.2, 0) is 5.60 Å². The molecule has 6 nitrogen and oxygen atoms in total. The molecule has 5 rings (SSSR count). The lowest BCUT2D eigenvalue weighted by atomic mass is 9.85. The van der Waals surface area contributed by atoms with Crippen LogP contribution in [0.25, 0.3) is 22.3 Å². The highest BCUT2D eigenvalue weighted by Gasteiger charge is 2.34. The normalized spacial score (nSPS) is 16.3. The van der Waals surface area contributed by atoms with E-state index >= 15 is 0 Å². The molecule has 1 fully saturated rings. The molecule has 2 heterocycles. The lowest BCUT2D eigenvalue weighted by Crippen LogP contribution is -2.33. The van der Waals surface area contributed by atoms with Gasteiger partial charge in [0.15, 0.2) is 0 Å². The number of nitrogens with zero attached hydrogens (tertiary/aromatic N) is 1. The molecule has 0 spiro atoms. The second-order valence-electron chi connectivity index (χ2n) is 9.38. The van der Waals surface area contributed by atoms with Crippen LogP contribution in [0, 0.1) is 0 Å². The van der Waals surface area contributed by atoms with Crippen LogP contribution in [0.3, 0.4) is 0 Å². The van der Waals surface area contributed by atoms with Crippen molar-refractivity contribution in [1.29, 1.82) is 0 Å². The van der Waals surface area contributed by atoms with Gasteiger partial charge in [-0.15, -0.1) is 0 Å². The Balaban J connectivity index is 1.43. The molecular weight excluding hydrogens is 442 g/mol. The number of hydrogen-bond acceptors (Lipinski definition) is 6. The average Bonchev–Trinajstić information content (AvgIpc) is 3.25. The van der Waals surface area contributed by atoms with Gasteiger partial charge in [-0.1, -0.05) is 18.6 Å². The smallest absolute Gasteiger partial charge is 0.141 e. The summed E-state index contributed by atoms with van der Waals surface area (Å²) in [6, 6.07) is 19.0. The minimum Gasteiger partial charge on any atom is -0.508 e. The number of aromatic hydroxyl groups is 2. The number of likely N-dealkylation sites (tertiary alicyclic amines) is 1. The molecule has 1 atom stereocenters. The maximum Gasteiger partial charge on any atom is 0.141 e. The SMILES string of the molecule is CC(O)(c1ccc(OCCN2CCCCC2)cc1)c1c(-c2ccc(O)cc2)oc2cc(O)ccc12. The van der Waals surface area contributed by atoms with E-state index < -0.39 is 5.60 Å². The van der Waals surface area contributed by atoms with Crippen LogP contribution >= 0.6 is 0 Å². The summed E-state index contributed by atoms with van der Waals surface area (Å²) in [5, 5.41) is 32.2. The van der Waals surface area contributed by atoms with Gasteiger partial charge in [0.25, 0.3) is 0 Å². The third kappa shape index (κ3) is 4.85. The monoisotopic (exact) mass is 473 g/mol. The quantitative estimate of drug-likeness (QED) is 0.322. The first-order chi connectivity index (χ1) is 16.9. The molecule has 1 unspecified atom stereocenters. The Morgan fingerprint density at radius 2 is 1.57 bits per heavy atom. The zero-order valence-corrected chi connectivity index (χ0v) is 19.9. The molecular formula is C29H31NO5. The number of fused-ring (bicyclic) bond motifs is 1. The average molecular weight is 474 g/mol. The Labute approximate surface area is 205 Å². The number of rotatable bonds is 7. The van der Waals surface area contributed by atoms with Crippen LogP contribution in [0.2, 0.25) is 0 Å². The summed E-state index contributed by atoms with van der Waals surface area (Å²) in [6.07, 6.45) is 3.84. The van der Waals surface area contributed by atoms with E-state index in [-0.39, 0.29) is 11.5 Å². The molecule has 6 heteroatoms. The van der Waals surface area contributed by atoms with E-state index in [1.807, 2.05) is 24.3 Å². The van der Waals surface area contributed by atoms with Crippen LogP contribution in [-0.4, -0.2) is 46.5 Å². The summed E-state index contributed by atoms with van der Waals surface area (Å²) in [5.41, 5.74) is 1.09. The van der Waals surface area contributed by atoms with E-state index in [0.29, 0.717) is 40.0 Å². The highest BCUT2D eigenvalue weighted by molar-refractivity contribution is 5.90. The molecule has 1 aliphatic rings. The van der Waals surface area contributed by atoms with Crippen molar-refractivity contribution in [3.63, 3.8) is 0 Å². The van der Waals surface area contributed by atoms with Gasteiger partial charge in [0.2, 0.25) is 0 Å². The first kappa shape index (κ1) is 23.3. The summed E-state index contributed by atoms with van der Waals surface area (Å²) in [5.74, 6) is 1.48. The number of aliphatic hydroxyl groups is 1. The second-order valence-corrected chi connectivity index (χ2v) is 9.38. The second kappa shape index (κ2) is 9.64. The summed E-state index contributed by atoms with van der Waals surface area (Å²) >= 11 is 0. The van der Waals surface area contributed by atoms with Gasteiger partial charge in [0.05, 0.1) is 0 Å². The van der Waals surface area contributed by atoms with Crippen molar-refractivity contribution in [2.45, 2.75) is 31.8 Å². The van der Waals surface area contributed by atoms with Crippen molar-refractivity contribution in [3.05, 3.63) is 77.9 Å². The van der Waals surface area contributed by atoms with Crippen LogP contribution in [0.4, 0.5) is 0 Å². The minimum absolute atomic E-state index is 0.0840. The maximum atomic E-state index is 11.8. The zero-order valence-electron chi connectivity index (χ0n) is 19.9. The molecule has 0 saturated carbocycles. The van der Waals surface area contributed by atoms with Gasteiger partial charge in [-0.25, -0.2) is 0 Å². The van der Waals surface area contributed by atoms with E-state index in [2.05, 4.69) is 4.90 Å². The highest BCUT2D eigenvalue weighted by atomic mass is 16.5. The van der Waals surface area contributed by atoms with E-state index in [9.17, 15) is 15.3 Å². The molecule has 0 aliphatic carbocycles. The predicted molar refractivity (Wildman–Crippen MR) is 136 cm³/mol. The summed E-state index contributed by atoms with van der Waals surface area (Å²) in [7, 11) is 0. The Bertz CT molecular complexity index is 1290. The Hall–Kier alpha value is -3.48. The van der Waals surface area contributed by atoms with Gasteiger partial charge in [-0.05, 0) is 86.9 Å². The zero-order chi connectivity index (χ0) is 24.4. The fourth-order valence-electron chi connectivity index (χ4n) is 4.88. The molecule has 35 heavy (non-hydrogen) atoms. The predicted octanol–water partition coefficient (Wildman–Crippen LogP) is 5.63. The van der Waals surface area contributed by atoms with Crippen molar-refractivity contribution in [3.8, 4) is 28.6 Å². The number of furan rings is 1. The van der Waals surface area contributed by atoms with Crippen molar-refractivity contribution in [1.82, 2.24) is 4.90 Å². The lowest BCUT2D eigenvalue weighted by molar-refractivity contribution is 0.104. The van der Waals surface area contributed by atoms with Gasteiger partial charge in [-0.3, -0.25) is 4.90 Å². The molecule has 1 aromatic heterocycles. The van der Waals surface area contributed by atoms with Crippen molar-refractivity contribution in [2.24, 2.45) is 0 Å². The molecule has 0 bridgehead atoms. The van der Waals surface area contributed by atoms with E-state index in [1.165, 1.54) is 25.3 Å². The molecule has 1 aliphatic heterocycles. The van der Waals surface area contributed by atoms with E-state index in [4.69, 9.17) is 9.15 Å². The summed E-state index contributed by atoms with van der Waals surface area (Å²) in [4.78, 5) is 2.44. The Morgan fingerprint density at radius 3 is 2.29 bits per heavy atom. The van der Waals surface area contributed by atoms with E-state index in [0.717, 1.165) is 25.4 Å². The molecule has 3 N–H and O–H groups in total. The summed E-state index contributed by atoms with van der Waals surface area (Å²) < 4.78 is 12.1. The maximum absolute atomic E-state index is 11.8. The fraction of sp³-hybridized carbons (Fsp3) is 0.310. The van der Waals surface area contributed by atoms with Crippen molar-refractivity contribution in [2.75, 3.05) is 26.2 Å². The molecule has 182 valence electrons.